The summed E-state index contributed by atoms with van der Waals surface area (Å²) < 4.78 is 1.85. The van der Waals surface area contributed by atoms with E-state index in [1.807, 2.05) is 48.9 Å². The Labute approximate surface area is 182 Å². The predicted octanol–water partition coefficient (Wildman–Crippen LogP) is 4.73. The first-order valence-electron chi connectivity index (χ1n) is 10.4. The molecule has 0 atom stereocenters. The lowest BCUT2D eigenvalue weighted by Gasteiger charge is -2.21. The van der Waals surface area contributed by atoms with Crippen molar-refractivity contribution in [3.05, 3.63) is 81.6 Å². The van der Waals surface area contributed by atoms with E-state index in [4.69, 9.17) is 11.6 Å². The molecule has 30 heavy (non-hydrogen) atoms. The van der Waals surface area contributed by atoms with Gasteiger partial charge in [0.25, 0.3) is 5.91 Å². The molecule has 3 aromatic rings. The monoisotopic (exact) mass is 422 g/mol. The average Bonchev–Trinajstić information content (AvgIpc) is 3.37. The highest BCUT2D eigenvalue weighted by atomic mass is 35.5. The van der Waals surface area contributed by atoms with Crippen LogP contribution in [0, 0.1) is 13.8 Å². The first-order valence-corrected chi connectivity index (χ1v) is 10.8. The second kappa shape index (κ2) is 8.92. The van der Waals surface area contributed by atoms with Gasteiger partial charge in [0.05, 0.1) is 17.8 Å². The van der Waals surface area contributed by atoms with Gasteiger partial charge in [-0.1, -0.05) is 48.0 Å². The topological polar surface area (TPSA) is 50.2 Å². The van der Waals surface area contributed by atoms with Crippen molar-refractivity contribution in [3.8, 4) is 0 Å². The Morgan fingerprint density at radius 3 is 2.43 bits per heavy atom. The lowest BCUT2D eigenvalue weighted by Crippen LogP contribution is -2.26. The van der Waals surface area contributed by atoms with E-state index < -0.39 is 0 Å². The van der Waals surface area contributed by atoms with Crippen LogP contribution in [0.15, 0.2) is 48.5 Å². The SMILES string of the molecule is Cc1nn(Cc2ccccc2Cl)c(C)c1C(=O)NCc1ccccc1N1CCCC1. The molecule has 1 amide bonds. The van der Waals surface area contributed by atoms with Crippen molar-refractivity contribution < 1.29 is 4.79 Å². The fourth-order valence-electron chi connectivity index (χ4n) is 4.16. The predicted molar refractivity (Wildman–Crippen MR) is 121 cm³/mol. The number of benzene rings is 2. The van der Waals surface area contributed by atoms with Crippen LogP contribution in [0.25, 0.3) is 0 Å². The molecule has 156 valence electrons. The summed E-state index contributed by atoms with van der Waals surface area (Å²) in [6, 6.07) is 16.0. The Hall–Kier alpha value is -2.79. The van der Waals surface area contributed by atoms with Crippen molar-refractivity contribution in [1.82, 2.24) is 15.1 Å². The van der Waals surface area contributed by atoms with E-state index in [9.17, 15) is 4.79 Å². The van der Waals surface area contributed by atoms with Crippen LogP contribution in [-0.4, -0.2) is 28.8 Å². The van der Waals surface area contributed by atoms with Gasteiger partial charge in [0.2, 0.25) is 0 Å². The van der Waals surface area contributed by atoms with Gasteiger partial charge in [-0.05, 0) is 49.9 Å². The number of para-hydroxylation sites is 1. The normalized spacial score (nSPS) is 13.6. The summed E-state index contributed by atoms with van der Waals surface area (Å²) in [5, 5.41) is 8.40. The van der Waals surface area contributed by atoms with Crippen molar-refractivity contribution in [2.75, 3.05) is 18.0 Å². The summed E-state index contributed by atoms with van der Waals surface area (Å²) in [5.41, 5.74) is 5.56. The molecule has 0 radical (unpaired) electrons. The maximum absolute atomic E-state index is 13.0. The fraction of sp³-hybridized carbons (Fsp3) is 0.333. The van der Waals surface area contributed by atoms with Gasteiger partial charge in [0, 0.05) is 36.0 Å². The molecule has 1 aromatic heterocycles. The van der Waals surface area contributed by atoms with E-state index in [1.54, 1.807) is 0 Å². The summed E-state index contributed by atoms with van der Waals surface area (Å²) in [4.78, 5) is 15.4. The zero-order chi connectivity index (χ0) is 21.1. The van der Waals surface area contributed by atoms with Gasteiger partial charge in [-0.3, -0.25) is 9.48 Å². The minimum atomic E-state index is -0.0911. The molecule has 5 nitrogen and oxygen atoms in total. The zero-order valence-electron chi connectivity index (χ0n) is 17.5. The molecule has 1 fully saturated rings. The van der Waals surface area contributed by atoms with Crippen LogP contribution in [0.3, 0.4) is 0 Å². The standard InChI is InChI=1S/C24H27ClN4O/c1-17-23(18(2)29(27-17)16-20-10-3-5-11-21(20)25)24(30)26-15-19-9-4-6-12-22(19)28-13-7-8-14-28/h3-6,9-12H,7-8,13-16H2,1-2H3,(H,26,30). The van der Waals surface area contributed by atoms with Gasteiger partial charge < -0.3 is 10.2 Å². The summed E-state index contributed by atoms with van der Waals surface area (Å²) in [6.07, 6.45) is 2.45. The van der Waals surface area contributed by atoms with Crippen molar-refractivity contribution in [3.63, 3.8) is 0 Å². The van der Waals surface area contributed by atoms with Crippen LogP contribution < -0.4 is 10.2 Å². The van der Waals surface area contributed by atoms with Crippen LogP contribution >= 0.6 is 11.6 Å². The number of hydrogen-bond donors (Lipinski definition) is 1. The number of nitrogens with one attached hydrogen (secondary N) is 1. The number of aryl methyl sites for hydroxylation is 1. The maximum atomic E-state index is 13.0. The summed E-state index contributed by atoms with van der Waals surface area (Å²) in [5.74, 6) is -0.0911. The van der Waals surface area contributed by atoms with Crippen LogP contribution in [0.1, 0.15) is 45.7 Å². The molecule has 0 bridgehead atoms. The number of halogens is 1. The second-order valence-corrected chi connectivity index (χ2v) is 8.21. The van der Waals surface area contributed by atoms with E-state index in [0.717, 1.165) is 35.6 Å². The van der Waals surface area contributed by atoms with Crippen LogP contribution in [0.4, 0.5) is 5.69 Å². The van der Waals surface area contributed by atoms with Crippen molar-refractivity contribution >= 4 is 23.2 Å². The van der Waals surface area contributed by atoms with Crippen molar-refractivity contribution in [2.24, 2.45) is 0 Å². The number of nitrogens with zero attached hydrogens (tertiary/aromatic N) is 3. The van der Waals surface area contributed by atoms with Crippen LogP contribution in [0.2, 0.25) is 5.02 Å². The molecule has 1 N–H and O–H groups in total. The third-order valence-electron chi connectivity index (χ3n) is 5.76. The molecule has 2 heterocycles. The summed E-state index contributed by atoms with van der Waals surface area (Å²) >= 11 is 6.30. The molecule has 0 saturated carbocycles. The second-order valence-electron chi connectivity index (χ2n) is 7.80. The van der Waals surface area contributed by atoms with Gasteiger partial charge in [-0.15, -0.1) is 0 Å². The van der Waals surface area contributed by atoms with Crippen molar-refractivity contribution in [1.29, 1.82) is 0 Å². The van der Waals surface area contributed by atoms with E-state index in [2.05, 4.69) is 33.5 Å². The number of anilines is 1. The summed E-state index contributed by atoms with van der Waals surface area (Å²) in [6.45, 7) is 7.01. The van der Waals surface area contributed by atoms with Gasteiger partial charge in [0.1, 0.15) is 0 Å². The molecular weight excluding hydrogens is 396 g/mol. The van der Waals surface area contributed by atoms with Gasteiger partial charge in [-0.25, -0.2) is 0 Å². The first-order chi connectivity index (χ1) is 14.5. The van der Waals surface area contributed by atoms with Crippen molar-refractivity contribution in [2.45, 2.75) is 39.8 Å². The Morgan fingerprint density at radius 2 is 1.70 bits per heavy atom. The van der Waals surface area contributed by atoms with E-state index in [-0.39, 0.29) is 5.91 Å². The smallest absolute Gasteiger partial charge is 0.255 e. The highest BCUT2D eigenvalue weighted by Crippen LogP contribution is 2.25. The lowest BCUT2D eigenvalue weighted by atomic mass is 10.1. The van der Waals surface area contributed by atoms with Gasteiger partial charge in [0.15, 0.2) is 0 Å². The average molecular weight is 423 g/mol. The Morgan fingerprint density at radius 1 is 1.03 bits per heavy atom. The molecule has 1 aliphatic rings. The number of carbonyl (C=O) groups is 1. The first kappa shape index (κ1) is 20.5. The number of rotatable bonds is 6. The third-order valence-corrected chi connectivity index (χ3v) is 6.13. The van der Waals surface area contributed by atoms with Gasteiger partial charge >= 0.3 is 0 Å². The number of amides is 1. The Kier molecular flexibility index (Phi) is 6.09. The molecule has 0 unspecified atom stereocenters. The lowest BCUT2D eigenvalue weighted by molar-refractivity contribution is 0.0949. The molecule has 4 rings (SSSR count). The Bertz CT molecular complexity index is 1050. The highest BCUT2D eigenvalue weighted by molar-refractivity contribution is 6.31. The fourth-order valence-corrected chi connectivity index (χ4v) is 4.35. The minimum Gasteiger partial charge on any atom is -0.371 e. The van der Waals surface area contributed by atoms with E-state index >= 15 is 0 Å². The molecular formula is C24H27ClN4O. The summed E-state index contributed by atoms with van der Waals surface area (Å²) in [7, 11) is 0. The number of aromatic nitrogens is 2. The van der Waals surface area contributed by atoms with E-state index in [1.165, 1.54) is 18.5 Å². The third kappa shape index (κ3) is 4.21. The largest absolute Gasteiger partial charge is 0.371 e. The van der Waals surface area contributed by atoms with Gasteiger partial charge in [-0.2, -0.15) is 5.10 Å². The zero-order valence-corrected chi connectivity index (χ0v) is 18.2. The molecule has 0 aliphatic carbocycles. The molecule has 1 saturated heterocycles. The number of carbonyl (C=O) groups excluding carboxylic acids is 1. The molecule has 0 spiro atoms. The maximum Gasteiger partial charge on any atom is 0.255 e. The minimum absolute atomic E-state index is 0.0911. The molecule has 2 aromatic carbocycles. The Balaban J connectivity index is 1.50. The molecule has 1 aliphatic heterocycles. The number of hydrogen-bond acceptors (Lipinski definition) is 3. The van der Waals surface area contributed by atoms with Crippen LogP contribution in [0.5, 0.6) is 0 Å². The van der Waals surface area contributed by atoms with E-state index in [0.29, 0.717) is 23.7 Å². The quantitative estimate of drug-likeness (QED) is 0.624. The van der Waals surface area contributed by atoms with Crippen LogP contribution in [-0.2, 0) is 13.1 Å². The highest BCUT2D eigenvalue weighted by Gasteiger charge is 2.20. The molecule has 6 heteroatoms.